The van der Waals surface area contributed by atoms with E-state index in [0.717, 1.165) is 18.9 Å². The van der Waals surface area contributed by atoms with E-state index in [9.17, 15) is 4.79 Å². The maximum absolute atomic E-state index is 11.1. The van der Waals surface area contributed by atoms with Crippen molar-refractivity contribution >= 4 is 5.97 Å². The summed E-state index contributed by atoms with van der Waals surface area (Å²) in [4.78, 5) is 13.6. The van der Waals surface area contributed by atoms with Gasteiger partial charge in [0.25, 0.3) is 0 Å². The van der Waals surface area contributed by atoms with Gasteiger partial charge in [-0.3, -0.25) is 4.79 Å². The van der Waals surface area contributed by atoms with E-state index in [1.165, 1.54) is 38.6 Å². The molecule has 17 heavy (non-hydrogen) atoms. The second kappa shape index (κ2) is 8.51. The minimum absolute atomic E-state index is 0.0448. The molecule has 1 aliphatic carbocycles. The summed E-state index contributed by atoms with van der Waals surface area (Å²) in [6.07, 6.45) is 9.44. The highest BCUT2D eigenvalue weighted by Gasteiger charge is 2.18. The SMILES string of the molecule is CCOC(=O)CCCCCN(C)C1CCCC1. The minimum Gasteiger partial charge on any atom is -0.466 e. The van der Waals surface area contributed by atoms with Crippen LogP contribution in [0.4, 0.5) is 0 Å². The maximum Gasteiger partial charge on any atom is 0.305 e. The second-order valence-electron chi connectivity index (χ2n) is 5.03. The largest absolute Gasteiger partial charge is 0.466 e. The summed E-state index contributed by atoms with van der Waals surface area (Å²) < 4.78 is 4.90. The lowest BCUT2D eigenvalue weighted by Gasteiger charge is -2.23. The molecule has 0 aromatic rings. The van der Waals surface area contributed by atoms with Crippen molar-refractivity contribution in [3.63, 3.8) is 0 Å². The lowest BCUT2D eigenvalue weighted by Crippen LogP contribution is -2.29. The highest BCUT2D eigenvalue weighted by molar-refractivity contribution is 5.69. The van der Waals surface area contributed by atoms with Gasteiger partial charge in [0, 0.05) is 12.5 Å². The molecule has 0 heterocycles. The summed E-state index contributed by atoms with van der Waals surface area (Å²) in [5.41, 5.74) is 0. The van der Waals surface area contributed by atoms with Crippen molar-refractivity contribution in [3.05, 3.63) is 0 Å². The van der Waals surface area contributed by atoms with E-state index in [-0.39, 0.29) is 5.97 Å². The molecule has 1 rings (SSSR count). The van der Waals surface area contributed by atoms with E-state index >= 15 is 0 Å². The van der Waals surface area contributed by atoms with Gasteiger partial charge in [-0.2, -0.15) is 0 Å². The fourth-order valence-corrected chi connectivity index (χ4v) is 2.57. The maximum atomic E-state index is 11.1. The lowest BCUT2D eigenvalue weighted by molar-refractivity contribution is -0.143. The van der Waals surface area contributed by atoms with Crippen molar-refractivity contribution < 1.29 is 9.53 Å². The average Bonchev–Trinajstić information content (AvgIpc) is 2.82. The Labute approximate surface area is 106 Å². The van der Waals surface area contributed by atoms with E-state index in [0.29, 0.717) is 13.0 Å². The molecule has 0 atom stereocenters. The van der Waals surface area contributed by atoms with Gasteiger partial charge < -0.3 is 9.64 Å². The van der Waals surface area contributed by atoms with Gasteiger partial charge >= 0.3 is 5.97 Å². The van der Waals surface area contributed by atoms with Crippen LogP contribution in [-0.2, 0) is 9.53 Å². The molecular formula is C14H27NO2. The summed E-state index contributed by atoms with van der Waals surface area (Å²) in [5, 5.41) is 0. The van der Waals surface area contributed by atoms with Crippen LogP contribution in [-0.4, -0.2) is 37.1 Å². The highest BCUT2D eigenvalue weighted by atomic mass is 16.5. The fraction of sp³-hybridized carbons (Fsp3) is 0.929. The second-order valence-corrected chi connectivity index (χ2v) is 5.03. The molecule has 0 aromatic carbocycles. The Bertz CT molecular complexity index is 212. The minimum atomic E-state index is -0.0448. The molecule has 0 unspecified atom stereocenters. The van der Waals surface area contributed by atoms with Crippen LogP contribution in [0.5, 0.6) is 0 Å². The predicted molar refractivity (Wildman–Crippen MR) is 70.0 cm³/mol. The summed E-state index contributed by atoms with van der Waals surface area (Å²) in [7, 11) is 2.24. The van der Waals surface area contributed by atoms with Crippen molar-refractivity contribution in [2.24, 2.45) is 0 Å². The van der Waals surface area contributed by atoms with Crippen LogP contribution in [0.2, 0.25) is 0 Å². The molecule has 3 nitrogen and oxygen atoms in total. The standard InChI is InChI=1S/C14H27NO2/c1-3-17-14(16)11-5-4-8-12-15(2)13-9-6-7-10-13/h13H,3-12H2,1-2H3. The van der Waals surface area contributed by atoms with Crippen LogP contribution < -0.4 is 0 Å². The zero-order valence-corrected chi connectivity index (χ0v) is 11.4. The van der Waals surface area contributed by atoms with Crippen LogP contribution in [0.25, 0.3) is 0 Å². The predicted octanol–water partition coefficient (Wildman–Crippen LogP) is 2.98. The Hall–Kier alpha value is -0.570. The van der Waals surface area contributed by atoms with E-state index in [1.54, 1.807) is 0 Å². The Morgan fingerprint density at radius 3 is 2.59 bits per heavy atom. The number of unbranched alkanes of at least 4 members (excludes halogenated alkanes) is 2. The van der Waals surface area contributed by atoms with Gasteiger partial charge in [0.15, 0.2) is 0 Å². The first-order chi connectivity index (χ1) is 8.24. The average molecular weight is 241 g/mol. The molecule has 0 radical (unpaired) electrons. The number of rotatable bonds is 8. The number of hydrogen-bond donors (Lipinski definition) is 0. The number of ether oxygens (including phenoxy) is 1. The Kier molecular flexibility index (Phi) is 7.25. The lowest BCUT2D eigenvalue weighted by atomic mass is 10.1. The Morgan fingerprint density at radius 1 is 1.24 bits per heavy atom. The molecule has 0 spiro atoms. The molecule has 0 N–H and O–H groups in total. The Morgan fingerprint density at radius 2 is 1.94 bits per heavy atom. The van der Waals surface area contributed by atoms with Crippen LogP contribution >= 0.6 is 0 Å². The van der Waals surface area contributed by atoms with Crippen molar-refractivity contribution in [2.75, 3.05) is 20.2 Å². The zero-order valence-electron chi connectivity index (χ0n) is 11.4. The van der Waals surface area contributed by atoms with Crippen LogP contribution in [0.15, 0.2) is 0 Å². The number of carbonyl (C=O) groups excluding carboxylic acids is 1. The van der Waals surface area contributed by atoms with Crippen LogP contribution in [0, 0.1) is 0 Å². The highest BCUT2D eigenvalue weighted by Crippen LogP contribution is 2.22. The van der Waals surface area contributed by atoms with Crippen molar-refractivity contribution in [1.29, 1.82) is 0 Å². The summed E-state index contributed by atoms with van der Waals surface area (Å²) in [6, 6.07) is 0.819. The van der Waals surface area contributed by atoms with Gasteiger partial charge in [0.05, 0.1) is 6.61 Å². The number of esters is 1. The van der Waals surface area contributed by atoms with E-state index in [2.05, 4.69) is 11.9 Å². The quantitative estimate of drug-likeness (QED) is 0.483. The molecule has 3 heteroatoms. The van der Waals surface area contributed by atoms with E-state index in [4.69, 9.17) is 4.74 Å². The molecule has 1 aliphatic rings. The Balaban J connectivity index is 1.94. The molecule has 0 aromatic heterocycles. The van der Waals surface area contributed by atoms with Gasteiger partial charge in [-0.1, -0.05) is 19.3 Å². The first kappa shape index (κ1) is 14.5. The third-order valence-corrected chi connectivity index (χ3v) is 3.65. The molecule has 1 fully saturated rings. The first-order valence-corrected chi connectivity index (χ1v) is 7.10. The first-order valence-electron chi connectivity index (χ1n) is 7.10. The number of nitrogens with zero attached hydrogens (tertiary/aromatic N) is 1. The van der Waals surface area contributed by atoms with Gasteiger partial charge in [-0.25, -0.2) is 0 Å². The monoisotopic (exact) mass is 241 g/mol. The molecule has 1 saturated carbocycles. The summed E-state index contributed by atoms with van der Waals surface area (Å²) in [6.45, 7) is 3.53. The molecule has 0 saturated heterocycles. The van der Waals surface area contributed by atoms with Crippen molar-refractivity contribution in [2.45, 2.75) is 64.3 Å². The van der Waals surface area contributed by atoms with E-state index in [1.807, 2.05) is 6.92 Å². The van der Waals surface area contributed by atoms with E-state index < -0.39 is 0 Å². The molecule has 0 aliphatic heterocycles. The van der Waals surface area contributed by atoms with Gasteiger partial charge in [-0.15, -0.1) is 0 Å². The topological polar surface area (TPSA) is 29.5 Å². The van der Waals surface area contributed by atoms with Crippen molar-refractivity contribution in [3.8, 4) is 0 Å². The third kappa shape index (κ3) is 6.06. The molecule has 0 bridgehead atoms. The molecule has 0 amide bonds. The van der Waals surface area contributed by atoms with Gasteiger partial charge in [-0.05, 0) is 46.2 Å². The molecular weight excluding hydrogens is 214 g/mol. The van der Waals surface area contributed by atoms with Crippen LogP contribution in [0.3, 0.4) is 0 Å². The van der Waals surface area contributed by atoms with Gasteiger partial charge in [0.1, 0.15) is 0 Å². The number of carbonyl (C=O) groups is 1. The summed E-state index contributed by atoms with van der Waals surface area (Å²) >= 11 is 0. The normalized spacial score (nSPS) is 16.6. The smallest absolute Gasteiger partial charge is 0.305 e. The third-order valence-electron chi connectivity index (χ3n) is 3.65. The van der Waals surface area contributed by atoms with Crippen molar-refractivity contribution in [1.82, 2.24) is 4.90 Å². The van der Waals surface area contributed by atoms with Gasteiger partial charge in [0.2, 0.25) is 0 Å². The number of hydrogen-bond acceptors (Lipinski definition) is 3. The zero-order chi connectivity index (χ0) is 12.5. The fourth-order valence-electron chi connectivity index (χ4n) is 2.57. The molecule has 100 valence electrons. The van der Waals surface area contributed by atoms with Crippen LogP contribution in [0.1, 0.15) is 58.3 Å². The summed E-state index contributed by atoms with van der Waals surface area (Å²) in [5.74, 6) is -0.0448.